The van der Waals surface area contributed by atoms with E-state index in [1.165, 1.54) is 21.4 Å². The molecule has 6 nitrogen and oxygen atoms in total. The van der Waals surface area contributed by atoms with Crippen LogP contribution in [-0.2, 0) is 21.8 Å². The summed E-state index contributed by atoms with van der Waals surface area (Å²) in [6.07, 6.45) is 2.85. The summed E-state index contributed by atoms with van der Waals surface area (Å²) in [5.74, 6) is 0. The Labute approximate surface area is 88.5 Å². The summed E-state index contributed by atoms with van der Waals surface area (Å²) < 4.78 is 32.2. The highest BCUT2D eigenvalue weighted by Gasteiger charge is 2.28. The second kappa shape index (κ2) is 3.92. The lowest BCUT2D eigenvalue weighted by Gasteiger charge is -2.25. The van der Waals surface area contributed by atoms with Crippen LogP contribution >= 0.6 is 0 Å². The van der Waals surface area contributed by atoms with Crippen LogP contribution in [0, 0.1) is 0 Å². The van der Waals surface area contributed by atoms with Gasteiger partial charge in [-0.2, -0.15) is 4.31 Å². The van der Waals surface area contributed by atoms with Crippen molar-refractivity contribution in [3.05, 3.63) is 12.5 Å². The highest BCUT2D eigenvalue weighted by atomic mass is 32.2. The summed E-state index contributed by atoms with van der Waals surface area (Å²) in [4.78, 5) is 3.81. The molecule has 1 aliphatic heterocycles. The molecule has 2 heterocycles. The second-order valence-electron chi connectivity index (χ2n) is 3.36. The van der Waals surface area contributed by atoms with Crippen LogP contribution in [0.4, 0.5) is 0 Å². The largest absolute Gasteiger partial charge is 0.379 e. The van der Waals surface area contributed by atoms with Crippen LogP contribution in [-0.4, -0.2) is 48.6 Å². The first-order chi connectivity index (χ1) is 7.12. The lowest BCUT2D eigenvalue weighted by atomic mass is 10.5. The molecule has 0 radical (unpaired) electrons. The fraction of sp³-hybridized carbons (Fsp3) is 0.625. The highest BCUT2D eigenvalue weighted by molar-refractivity contribution is 7.89. The van der Waals surface area contributed by atoms with Crippen molar-refractivity contribution >= 4 is 10.0 Å². The molecule has 1 aliphatic rings. The monoisotopic (exact) mass is 231 g/mol. The molecule has 0 bridgehead atoms. The van der Waals surface area contributed by atoms with Crippen molar-refractivity contribution in [2.45, 2.75) is 5.03 Å². The molecular formula is C8H13N3O3S. The van der Waals surface area contributed by atoms with E-state index in [0.29, 0.717) is 26.3 Å². The molecule has 0 unspecified atom stereocenters. The van der Waals surface area contributed by atoms with Crippen LogP contribution < -0.4 is 0 Å². The first-order valence-electron chi connectivity index (χ1n) is 4.66. The number of sulfonamides is 1. The van der Waals surface area contributed by atoms with Crippen molar-refractivity contribution in [3.8, 4) is 0 Å². The Kier molecular flexibility index (Phi) is 2.76. The van der Waals surface area contributed by atoms with Crippen LogP contribution in [0.2, 0.25) is 0 Å². The molecule has 7 heteroatoms. The molecule has 0 N–H and O–H groups in total. The molecule has 2 rings (SSSR count). The number of aryl methyl sites for hydroxylation is 1. The van der Waals surface area contributed by atoms with Crippen LogP contribution in [0.25, 0.3) is 0 Å². The number of rotatable bonds is 2. The van der Waals surface area contributed by atoms with Crippen molar-refractivity contribution in [1.82, 2.24) is 13.9 Å². The number of morpholine rings is 1. The van der Waals surface area contributed by atoms with Crippen molar-refractivity contribution in [2.24, 2.45) is 7.05 Å². The van der Waals surface area contributed by atoms with Gasteiger partial charge in [-0.15, -0.1) is 0 Å². The van der Waals surface area contributed by atoms with Gasteiger partial charge in [0.15, 0.2) is 5.03 Å². The summed E-state index contributed by atoms with van der Waals surface area (Å²) in [6.45, 7) is 1.73. The number of hydrogen-bond donors (Lipinski definition) is 0. The maximum Gasteiger partial charge on any atom is 0.260 e. The SMILES string of the molecule is Cn1cncc1S(=O)(=O)N1CCOCC1. The Morgan fingerprint density at radius 3 is 2.60 bits per heavy atom. The summed E-state index contributed by atoms with van der Waals surface area (Å²) in [7, 11) is -1.73. The lowest BCUT2D eigenvalue weighted by molar-refractivity contribution is 0.0728. The Morgan fingerprint density at radius 2 is 2.07 bits per heavy atom. The van der Waals surface area contributed by atoms with Crippen LogP contribution in [0.5, 0.6) is 0 Å². The van der Waals surface area contributed by atoms with E-state index in [1.807, 2.05) is 0 Å². The van der Waals surface area contributed by atoms with E-state index in [4.69, 9.17) is 4.74 Å². The zero-order valence-electron chi connectivity index (χ0n) is 8.46. The maximum atomic E-state index is 12.1. The Balaban J connectivity index is 2.30. The molecule has 0 aliphatic carbocycles. The van der Waals surface area contributed by atoms with Gasteiger partial charge < -0.3 is 9.30 Å². The highest BCUT2D eigenvalue weighted by Crippen LogP contribution is 2.15. The number of hydrogen-bond acceptors (Lipinski definition) is 4. The Hall–Kier alpha value is -0.920. The third kappa shape index (κ3) is 1.90. The van der Waals surface area contributed by atoms with Gasteiger partial charge in [0.2, 0.25) is 0 Å². The quantitative estimate of drug-likeness (QED) is 0.684. The van der Waals surface area contributed by atoms with Crippen molar-refractivity contribution < 1.29 is 13.2 Å². The molecule has 1 aromatic rings. The Bertz CT molecular complexity index is 434. The summed E-state index contributed by atoms with van der Waals surface area (Å²) in [5.41, 5.74) is 0. The molecule has 0 atom stereocenters. The predicted molar refractivity (Wildman–Crippen MR) is 52.8 cm³/mol. The maximum absolute atomic E-state index is 12.1. The van der Waals surface area contributed by atoms with Crippen molar-refractivity contribution in [1.29, 1.82) is 0 Å². The van der Waals surface area contributed by atoms with E-state index < -0.39 is 10.0 Å². The minimum absolute atomic E-state index is 0.226. The minimum Gasteiger partial charge on any atom is -0.379 e. The fourth-order valence-electron chi connectivity index (χ4n) is 1.51. The first kappa shape index (κ1) is 10.6. The molecule has 0 saturated carbocycles. The molecule has 0 spiro atoms. The van der Waals surface area contributed by atoms with Gasteiger partial charge in [0.1, 0.15) is 0 Å². The van der Waals surface area contributed by atoms with Gasteiger partial charge >= 0.3 is 0 Å². The van der Waals surface area contributed by atoms with E-state index in [9.17, 15) is 8.42 Å². The van der Waals surface area contributed by atoms with Gasteiger partial charge in [0.05, 0.1) is 25.7 Å². The average Bonchev–Trinajstić information content (AvgIpc) is 2.66. The van der Waals surface area contributed by atoms with Crippen LogP contribution in [0.1, 0.15) is 0 Å². The van der Waals surface area contributed by atoms with Gasteiger partial charge in [-0.1, -0.05) is 0 Å². The predicted octanol–water partition coefficient (Wildman–Crippen LogP) is -0.559. The average molecular weight is 231 g/mol. The zero-order chi connectivity index (χ0) is 10.9. The fourth-order valence-corrected chi connectivity index (χ4v) is 3.01. The molecule has 1 saturated heterocycles. The van der Waals surface area contributed by atoms with Crippen LogP contribution in [0.3, 0.4) is 0 Å². The zero-order valence-corrected chi connectivity index (χ0v) is 9.27. The molecule has 1 fully saturated rings. The second-order valence-corrected chi connectivity index (χ2v) is 5.24. The van der Waals surface area contributed by atoms with E-state index in [1.54, 1.807) is 7.05 Å². The molecule has 15 heavy (non-hydrogen) atoms. The van der Waals surface area contributed by atoms with E-state index in [-0.39, 0.29) is 5.03 Å². The smallest absolute Gasteiger partial charge is 0.260 e. The van der Waals surface area contributed by atoms with Gasteiger partial charge in [-0.25, -0.2) is 13.4 Å². The number of imidazole rings is 1. The molecule has 1 aromatic heterocycles. The van der Waals surface area contributed by atoms with E-state index in [2.05, 4.69) is 4.98 Å². The van der Waals surface area contributed by atoms with Crippen molar-refractivity contribution in [2.75, 3.05) is 26.3 Å². The van der Waals surface area contributed by atoms with Crippen LogP contribution in [0.15, 0.2) is 17.6 Å². The summed E-state index contributed by atoms with van der Waals surface area (Å²) in [6, 6.07) is 0. The summed E-state index contributed by atoms with van der Waals surface area (Å²) in [5, 5.41) is 0.226. The van der Waals surface area contributed by atoms with Gasteiger partial charge in [-0.3, -0.25) is 0 Å². The molecule has 0 aromatic carbocycles. The molecule has 0 amide bonds. The number of nitrogens with zero attached hydrogens (tertiary/aromatic N) is 3. The van der Waals surface area contributed by atoms with E-state index >= 15 is 0 Å². The third-order valence-corrected chi connectivity index (χ3v) is 4.31. The Morgan fingerprint density at radius 1 is 1.40 bits per heavy atom. The molecule has 84 valence electrons. The molecular weight excluding hydrogens is 218 g/mol. The number of aromatic nitrogens is 2. The topological polar surface area (TPSA) is 64.4 Å². The lowest BCUT2D eigenvalue weighted by Crippen LogP contribution is -2.41. The minimum atomic E-state index is -3.40. The third-order valence-electron chi connectivity index (χ3n) is 2.35. The van der Waals surface area contributed by atoms with Gasteiger partial charge in [0, 0.05) is 20.1 Å². The first-order valence-corrected chi connectivity index (χ1v) is 6.10. The van der Waals surface area contributed by atoms with Gasteiger partial charge in [-0.05, 0) is 0 Å². The number of ether oxygens (including phenoxy) is 1. The normalized spacial score (nSPS) is 19.3. The van der Waals surface area contributed by atoms with Gasteiger partial charge in [0.25, 0.3) is 10.0 Å². The standard InChI is InChI=1S/C8H13N3O3S/c1-10-7-9-6-8(10)15(12,13)11-2-4-14-5-3-11/h6-7H,2-5H2,1H3. The summed E-state index contributed by atoms with van der Waals surface area (Å²) >= 11 is 0. The van der Waals surface area contributed by atoms with E-state index in [0.717, 1.165) is 0 Å². The van der Waals surface area contributed by atoms with Crippen molar-refractivity contribution in [3.63, 3.8) is 0 Å².